The molecule has 0 spiro atoms. The number of hydrogen-bond acceptors (Lipinski definition) is 3. The Kier molecular flexibility index (Phi) is 3.80. The van der Waals surface area contributed by atoms with Gasteiger partial charge < -0.3 is 5.11 Å². The first-order valence-electron chi connectivity index (χ1n) is 5.41. The van der Waals surface area contributed by atoms with Crippen LogP contribution in [0.2, 0.25) is 0 Å². The summed E-state index contributed by atoms with van der Waals surface area (Å²) in [5.74, 6) is 0.919. The molecule has 2 rings (SSSR count). The lowest BCUT2D eigenvalue weighted by Crippen LogP contribution is -1.91. The normalized spacial score (nSPS) is 10.9. The first-order valence-corrected chi connectivity index (χ1v) is 6.40. The van der Waals surface area contributed by atoms with Crippen molar-refractivity contribution in [2.45, 2.75) is 18.4 Å². The van der Waals surface area contributed by atoms with Crippen LogP contribution in [0.3, 0.4) is 0 Å². The third kappa shape index (κ3) is 2.54. The highest BCUT2D eigenvalue weighted by molar-refractivity contribution is 7.99. The van der Waals surface area contributed by atoms with E-state index in [9.17, 15) is 0 Å². The number of rotatable bonds is 4. The number of hydrogen-bond donors (Lipinski definition) is 1. The predicted molar refractivity (Wildman–Crippen MR) is 68.9 cm³/mol. The zero-order valence-electron chi connectivity index (χ0n) is 9.31. The Hall–Kier alpha value is -1.06. The van der Waals surface area contributed by atoms with E-state index in [4.69, 9.17) is 5.11 Å². The van der Waals surface area contributed by atoms with Gasteiger partial charge in [0.25, 0.3) is 0 Å². The highest BCUT2D eigenvalue weighted by Crippen LogP contribution is 2.24. The van der Waals surface area contributed by atoms with Crippen LogP contribution in [0.15, 0.2) is 35.4 Å². The molecular formula is C13H15NOS. The van der Waals surface area contributed by atoms with E-state index >= 15 is 0 Å². The number of pyridine rings is 1. The van der Waals surface area contributed by atoms with Gasteiger partial charge in [0, 0.05) is 17.7 Å². The molecule has 0 aliphatic rings. The van der Waals surface area contributed by atoms with Crippen molar-refractivity contribution < 1.29 is 5.11 Å². The van der Waals surface area contributed by atoms with Gasteiger partial charge in [0.15, 0.2) is 0 Å². The largest absolute Gasteiger partial charge is 0.396 e. The van der Waals surface area contributed by atoms with Gasteiger partial charge in [-0.25, -0.2) is 4.98 Å². The lowest BCUT2D eigenvalue weighted by molar-refractivity contribution is 0.296. The summed E-state index contributed by atoms with van der Waals surface area (Å²) in [6.45, 7) is 2.33. The number of aromatic nitrogens is 1. The molecule has 1 N–H and O–H groups in total. The summed E-state index contributed by atoms with van der Waals surface area (Å²) in [5.41, 5.74) is 2.25. The van der Waals surface area contributed by atoms with Gasteiger partial charge in [-0.3, -0.25) is 0 Å². The molecule has 0 saturated heterocycles. The molecule has 0 aliphatic carbocycles. The van der Waals surface area contributed by atoms with Crippen LogP contribution in [0.4, 0.5) is 0 Å². The topological polar surface area (TPSA) is 33.1 Å². The number of benzene rings is 1. The minimum absolute atomic E-state index is 0.250. The van der Waals surface area contributed by atoms with Crippen LogP contribution in [-0.2, 0) is 0 Å². The highest BCUT2D eigenvalue weighted by Gasteiger charge is 2.03. The number of fused-ring (bicyclic) bond motifs is 1. The fourth-order valence-electron chi connectivity index (χ4n) is 1.58. The van der Waals surface area contributed by atoms with Gasteiger partial charge in [-0.2, -0.15) is 0 Å². The smallest absolute Gasteiger partial charge is 0.0996 e. The standard InChI is InChI=1S/C13H15NOS/c1-10-9-11-5-2-3-6-12(11)14-13(10)16-8-4-7-15/h2-3,5-6,9,15H,4,7-8H2,1H3. The molecule has 16 heavy (non-hydrogen) atoms. The second-order valence-electron chi connectivity index (χ2n) is 3.73. The van der Waals surface area contributed by atoms with Crippen LogP contribution >= 0.6 is 11.8 Å². The van der Waals surface area contributed by atoms with Crippen LogP contribution in [0.5, 0.6) is 0 Å². The molecule has 3 heteroatoms. The highest BCUT2D eigenvalue weighted by atomic mass is 32.2. The number of aliphatic hydroxyl groups is 1. The van der Waals surface area contributed by atoms with Crippen molar-refractivity contribution in [3.63, 3.8) is 0 Å². The zero-order chi connectivity index (χ0) is 11.4. The van der Waals surface area contributed by atoms with Crippen LogP contribution in [0.1, 0.15) is 12.0 Å². The fourth-order valence-corrected chi connectivity index (χ4v) is 2.50. The number of thioether (sulfide) groups is 1. The Labute approximate surface area is 99.7 Å². The van der Waals surface area contributed by atoms with E-state index in [-0.39, 0.29) is 6.61 Å². The Balaban J connectivity index is 2.27. The minimum atomic E-state index is 0.250. The molecule has 0 saturated carbocycles. The van der Waals surface area contributed by atoms with E-state index in [1.54, 1.807) is 11.8 Å². The first kappa shape index (κ1) is 11.4. The summed E-state index contributed by atoms with van der Waals surface area (Å²) < 4.78 is 0. The van der Waals surface area contributed by atoms with E-state index in [0.29, 0.717) is 0 Å². The molecule has 0 fully saturated rings. The maximum atomic E-state index is 8.75. The summed E-state index contributed by atoms with van der Waals surface area (Å²) in [7, 11) is 0. The summed E-state index contributed by atoms with van der Waals surface area (Å²) >= 11 is 1.72. The van der Waals surface area contributed by atoms with Crippen molar-refractivity contribution in [3.05, 3.63) is 35.9 Å². The van der Waals surface area contributed by atoms with Crippen LogP contribution in [0, 0.1) is 6.92 Å². The summed E-state index contributed by atoms with van der Waals surface area (Å²) in [6, 6.07) is 10.3. The van der Waals surface area contributed by atoms with Crippen molar-refractivity contribution in [1.29, 1.82) is 0 Å². The summed E-state index contributed by atoms with van der Waals surface area (Å²) in [5, 5.41) is 11.0. The minimum Gasteiger partial charge on any atom is -0.396 e. The number of aryl methyl sites for hydroxylation is 1. The molecule has 2 aromatic rings. The third-order valence-corrected chi connectivity index (χ3v) is 3.59. The molecule has 1 aromatic heterocycles. The van der Waals surface area contributed by atoms with E-state index in [1.165, 1.54) is 10.9 Å². The Bertz CT molecular complexity index is 484. The second kappa shape index (κ2) is 5.32. The average molecular weight is 233 g/mol. The van der Waals surface area contributed by atoms with Crippen LogP contribution in [-0.4, -0.2) is 22.5 Å². The van der Waals surface area contributed by atoms with Gasteiger partial charge >= 0.3 is 0 Å². The maximum Gasteiger partial charge on any atom is 0.0996 e. The molecule has 0 aliphatic heterocycles. The number of nitrogens with zero attached hydrogens (tertiary/aromatic N) is 1. The van der Waals surface area contributed by atoms with E-state index in [1.807, 2.05) is 18.2 Å². The molecular weight excluding hydrogens is 218 g/mol. The van der Waals surface area contributed by atoms with Crippen molar-refractivity contribution in [2.24, 2.45) is 0 Å². The number of aliphatic hydroxyl groups excluding tert-OH is 1. The lowest BCUT2D eigenvalue weighted by atomic mass is 10.2. The molecule has 0 bridgehead atoms. The van der Waals surface area contributed by atoms with Crippen molar-refractivity contribution in [3.8, 4) is 0 Å². The molecule has 1 aromatic carbocycles. The van der Waals surface area contributed by atoms with E-state index in [0.717, 1.165) is 22.7 Å². The second-order valence-corrected chi connectivity index (χ2v) is 4.81. The molecule has 2 nitrogen and oxygen atoms in total. The predicted octanol–water partition coefficient (Wildman–Crippen LogP) is 3.02. The van der Waals surface area contributed by atoms with Crippen molar-refractivity contribution in [2.75, 3.05) is 12.4 Å². The average Bonchev–Trinajstić information content (AvgIpc) is 2.30. The molecule has 84 valence electrons. The summed E-state index contributed by atoms with van der Waals surface area (Å²) in [6.07, 6.45) is 0.818. The maximum absolute atomic E-state index is 8.75. The quantitative estimate of drug-likeness (QED) is 0.651. The molecule has 1 heterocycles. The fraction of sp³-hybridized carbons (Fsp3) is 0.308. The van der Waals surface area contributed by atoms with Gasteiger partial charge in [0.2, 0.25) is 0 Å². The lowest BCUT2D eigenvalue weighted by Gasteiger charge is -2.06. The molecule has 0 unspecified atom stereocenters. The van der Waals surface area contributed by atoms with Gasteiger partial charge in [-0.05, 0) is 31.0 Å². The Morgan fingerprint density at radius 2 is 2.12 bits per heavy atom. The van der Waals surface area contributed by atoms with Gasteiger partial charge in [0.1, 0.15) is 0 Å². The zero-order valence-corrected chi connectivity index (χ0v) is 10.1. The van der Waals surface area contributed by atoms with Gasteiger partial charge in [-0.15, -0.1) is 11.8 Å². The molecule has 0 radical (unpaired) electrons. The first-order chi connectivity index (χ1) is 7.81. The molecule has 0 amide bonds. The number of para-hydroxylation sites is 1. The van der Waals surface area contributed by atoms with Crippen molar-refractivity contribution in [1.82, 2.24) is 4.98 Å². The van der Waals surface area contributed by atoms with Crippen molar-refractivity contribution >= 4 is 22.7 Å². The van der Waals surface area contributed by atoms with Crippen LogP contribution < -0.4 is 0 Å². The van der Waals surface area contributed by atoms with E-state index < -0.39 is 0 Å². The van der Waals surface area contributed by atoms with E-state index in [2.05, 4.69) is 24.0 Å². The third-order valence-electron chi connectivity index (χ3n) is 2.41. The SMILES string of the molecule is Cc1cc2ccccc2nc1SCCCO. The monoisotopic (exact) mass is 233 g/mol. The molecule has 0 atom stereocenters. The van der Waals surface area contributed by atoms with Gasteiger partial charge in [-0.1, -0.05) is 18.2 Å². The summed E-state index contributed by atoms with van der Waals surface area (Å²) in [4.78, 5) is 4.63. The Morgan fingerprint density at radius 3 is 2.94 bits per heavy atom. The Morgan fingerprint density at radius 1 is 1.31 bits per heavy atom. The van der Waals surface area contributed by atoms with Crippen LogP contribution in [0.25, 0.3) is 10.9 Å². The van der Waals surface area contributed by atoms with Gasteiger partial charge in [0.05, 0.1) is 10.5 Å².